The Hall–Kier alpha value is -2.04. The Morgan fingerprint density at radius 1 is 1.11 bits per heavy atom. The van der Waals surface area contributed by atoms with Gasteiger partial charge < -0.3 is 5.32 Å². The third-order valence-corrected chi connectivity index (χ3v) is 6.95. The Bertz CT molecular complexity index is 858. The van der Waals surface area contributed by atoms with Crippen molar-refractivity contribution in [3.05, 3.63) is 60.2 Å². The van der Waals surface area contributed by atoms with Crippen molar-refractivity contribution >= 4 is 28.9 Å². The second-order valence-electron chi connectivity index (χ2n) is 7.97. The van der Waals surface area contributed by atoms with Gasteiger partial charge in [-0.3, -0.25) is 9.63 Å². The molecule has 5 heteroatoms. The Kier molecular flexibility index (Phi) is 4.14. The van der Waals surface area contributed by atoms with Gasteiger partial charge in [0.25, 0.3) is 0 Å². The zero-order valence-electron chi connectivity index (χ0n) is 15.2. The highest BCUT2D eigenvalue weighted by Crippen LogP contribution is 2.57. The molecule has 5 rings (SSSR count). The van der Waals surface area contributed by atoms with Gasteiger partial charge in [-0.25, -0.2) is 5.06 Å². The molecule has 0 aromatic heterocycles. The maximum atomic E-state index is 13.4. The van der Waals surface area contributed by atoms with E-state index < -0.39 is 0 Å². The van der Waals surface area contributed by atoms with Crippen LogP contribution in [0.15, 0.2) is 54.6 Å². The summed E-state index contributed by atoms with van der Waals surface area (Å²) in [5.74, 6) is 0.974. The number of anilines is 2. The summed E-state index contributed by atoms with van der Waals surface area (Å²) in [6, 6.07) is 17.5. The standard InChI is InChI=1S/C22H23ClN2O2/c1-13-7-5-6-10-18(13)24-22(26)20-19-14-11-16(17(23)12-14)21(19)27-25(20)15-8-3-2-4-9-15/h2-10,14,16-17,19-21H,11-12H2,1H3,(H,24,26)/t14-,16-,17+,19-,20+,21+/m1/s1. The highest BCUT2D eigenvalue weighted by Gasteiger charge is 2.62. The van der Waals surface area contributed by atoms with Crippen LogP contribution in [0.25, 0.3) is 0 Å². The maximum absolute atomic E-state index is 13.4. The third kappa shape index (κ3) is 2.74. The fraction of sp³-hybridized carbons (Fsp3) is 0.409. The minimum Gasteiger partial charge on any atom is -0.324 e. The molecule has 0 radical (unpaired) electrons. The Morgan fingerprint density at radius 2 is 1.85 bits per heavy atom. The van der Waals surface area contributed by atoms with E-state index in [0.29, 0.717) is 11.8 Å². The van der Waals surface area contributed by atoms with Crippen molar-refractivity contribution in [2.45, 2.75) is 37.3 Å². The largest absolute Gasteiger partial charge is 0.324 e. The van der Waals surface area contributed by atoms with E-state index >= 15 is 0 Å². The third-order valence-electron chi connectivity index (χ3n) is 6.45. The topological polar surface area (TPSA) is 41.6 Å². The van der Waals surface area contributed by atoms with Crippen molar-refractivity contribution in [3.63, 3.8) is 0 Å². The molecule has 2 bridgehead atoms. The molecule has 2 aliphatic carbocycles. The van der Waals surface area contributed by atoms with Crippen LogP contribution in [0.4, 0.5) is 11.4 Å². The number of nitrogens with zero attached hydrogens (tertiary/aromatic N) is 1. The van der Waals surface area contributed by atoms with Crippen LogP contribution in [0.3, 0.4) is 0 Å². The summed E-state index contributed by atoms with van der Waals surface area (Å²) in [6.45, 7) is 2.01. The molecule has 27 heavy (non-hydrogen) atoms. The smallest absolute Gasteiger partial charge is 0.250 e. The average Bonchev–Trinajstić information content (AvgIpc) is 3.34. The van der Waals surface area contributed by atoms with Crippen LogP contribution in [-0.4, -0.2) is 23.4 Å². The molecule has 3 aliphatic rings. The summed E-state index contributed by atoms with van der Waals surface area (Å²) >= 11 is 6.55. The summed E-state index contributed by atoms with van der Waals surface area (Å²) in [6.07, 6.45) is 2.08. The molecule has 2 aromatic carbocycles. The predicted octanol–water partition coefficient (Wildman–Crippen LogP) is 4.39. The number of aryl methyl sites for hydroxylation is 1. The van der Waals surface area contributed by atoms with Gasteiger partial charge in [-0.2, -0.15) is 0 Å². The van der Waals surface area contributed by atoms with Crippen LogP contribution in [0.5, 0.6) is 0 Å². The number of nitrogens with one attached hydrogen (secondary N) is 1. The summed E-state index contributed by atoms with van der Waals surface area (Å²) in [5.41, 5.74) is 2.83. The fourth-order valence-corrected chi connectivity index (χ4v) is 5.68. The van der Waals surface area contributed by atoms with Crippen molar-refractivity contribution in [1.29, 1.82) is 0 Å². The van der Waals surface area contributed by atoms with E-state index in [2.05, 4.69) is 5.32 Å². The molecule has 2 saturated carbocycles. The van der Waals surface area contributed by atoms with Gasteiger partial charge in [-0.15, -0.1) is 11.6 Å². The molecular weight excluding hydrogens is 360 g/mol. The van der Waals surface area contributed by atoms with E-state index in [0.717, 1.165) is 29.8 Å². The highest BCUT2D eigenvalue weighted by atomic mass is 35.5. The van der Waals surface area contributed by atoms with Crippen molar-refractivity contribution < 1.29 is 9.63 Å². The molecule has 1 saturated heterocycles. The van der Waals surface area contributed by atoms with Gasteiger partial charge in [0.05, 0.1) is 11.8 Å². The summed E-state index contributed by atoms with van der Waals surface area (Å²) in [7, 11) is 0. The number of hydrogen-bond acceptors (Lipinski definition) is 3. The Balaban J connectivity index is 1.48. The number of alkyl halides is 1. The number of rotatable bonds is 3. The van der Waals surface area contributed by atoms with Gasteiger partial charge in [0, 0.05) is 22.9 Å². The molecular formula is C22H23ClN2O2. The summed E-state index contributed by atoms with van der Waals surface area (Å²) in [5, 5.41) is 5.13. The number of halogens is 1. The number of benzene rings is 2. The molecule has 1 heterocycles. The van der Waals surface area contributed by atoms with Gasteiger partial charge in [-0.1, -0.05) is 36.4 Å². The number of carbonyl (C=O) groups excluding carboxylic acids is 1. The van der Waals surface area contributed by atoms with Crippen LogP contribution in [0.2, 0.25) is 0 Å². The molecule has 0 unspecified atom stereocenters. The molecule has 2 aromatic rings. The molecule has 4 nitrogen and oxygen atoms in total. The zero-order chi connectivity index (χ0) is 18.5. The number of hydrogen-bond donors (Lipinski definition) is 1. The van der Waals surface area contributed by atoms with E-state index in [1.807, 2.05) is 66.6 Å². The van der Waals surface area contributed by atoms with E-state index in [9.17, 15) is 4.79 Å². The van der Waals surface area contributed by atoms with E-state index in [1.54, 1.807) is 0 Å². The zero-order valence-corrected chi connectivity index (χ0v) is 16.0. The van der Waals surface area contributed by atoms with Crippen LogP contribution >= 0.6 is 11.6 Å². The van der Waals surface area contributed by atoms with Gasteiger partial charge in [0.1, 0.15) is 6.04 Å². The minimum atomic E-state index is -0.337. The number of carbonyl (C=O) groups is 1. The molecule has 1 N–H and O–H groups in total. The lowest BCUT2D eigenvalue weighted by molar-refractivity contribution is -0.118. The summed E-state index contributed by atoms with van der Waals surface area (Å²) in [4.78, 5) is 19.8. The highest BCUT2D eigenvalue weighted by molar-refractivity contribution is 6.21. The lowest BCUT2D eigenvalue weighted by Crippen LogP contribution is -2.45. The van der Waals surface area contributed by atoms with Crippen LogP contribution in [-0.2, 0) is 9.63 Å². The minimum absolute atomic E-state index is 0.000625. The number of fused-ring (bicyclic) bond motifs is 5. The first-order valence-electron chi connectivity index (χ1n) is 9.65. The quantitative estimate of drug-likeness (QED) is 0.800. The van der Waals surface area contributed by atoms with E-state index in [4.69, 9.17) is 16.4 Å². The van der Waals surface area contributed by atoms with Gasteiger partial charge in [0.15, 0.2) is 0 Å². The van der Waals surface area contributed by atoms with Crippen molar-refractivity contribution in [3.8, 4) is 0 Å². The van der Waals surface area contributed by atoms with Gasteiger partial charge >= 0.3 is 0 Å². The normalized spacial score (nSPS) is 33.9. The second-order valence-corrected chi connectivity index (χ2v) is 8.53. The SMILES string of the molecule is Cc1ccccc1NC(=O)[C@@H]1[C@H]2[C@@H]3C[C@@H]([C@@H]2ON1c1ccccc1)[C@@H](Cl)C3. The number of amides is 1. The van der Waals surface area contributed by atoms with Crippen molar-refractivity contribution in [1.82, 2.24) is 0 Å². The lowest BCUT2D eigenvalue weighted by atomic mass is 9.81. The molecule has 0 spiro atoms. The first-order valence-corrected chi connectivity index (χ1v) is 10.1. The van der Waals surface area contributed by atoms with Crippen LogP contribution in [0, 0.1) is 24.7 Å². The number of para-hydroxylation sites is 2. The molecule has 3 fully saturated rings. The maximum Gasteiger partial charge on any atom is 0.250 e. The second kappa shape index (κ2) is 6.54. The number of hydroxylamine groups is 1. The van der Waals surface area contributed by atoms with Crippen LogP contribution in [0.1, 0.15) is 18.4 Å². The van der Waals surface area contributed by atoms with Gasteiger partial charge in [0.2, 0.25) is 5.91 Å². The van der Waals surface area contributed by atoms with E-state index in [1.165, 1.54) is 0 Å². The Morgan fingerprint density at radius 3 is 2.63 bits per heavy atom. The molecule has 1 amide bonds. The van der Waals surface area contributed by atoms with Crippen molar-refractivity contribution in [2.24, 2.45) is 17.8 Å². The van der Waals surface area contributed by atoms with Crippen molar-refractivity contribution in [2.75, 3.05) is 10.4 Å². The van der Waals surface area contributed by atoms with E-state index in [-0.39, 0.29) is 29.3 Å². The molecule has 6 atom stereocenters. The Labute approximate surface area is 164 Å². The van der Waals surface area contributed by atoms with Crippen LogP contribution < -0.4 is 10.4 Å². The first-order chi connectivity index (χ1) is 13.1. The van der Waals surface area contributed by atoms with Gasteiger partial charge in [-0.05, 0) is 49.4 Å². The first kappa shape index (κ1) is 17.1. The molecule has 140 valence electrons. The predicted molar refractivity (Wildman–Crippen MR) is 107 cm³/mol. The average molecular weight is 383 g/mol. The summed E-state index contributed by atoms with van der Waals surface area (Å²) < 4.78 is 0. The molecule has 1 aliphatic heterocycles. The lowest BCUT2D eigenvalue weighted by Gasteiger charge is -2.29. The fourth-order valence-electron chi connectivity index (χ4n) is 5.20. The monoisotopic (exact) mass is 382 g/mol.